The lowest BCUT2D eigenvalue weighted by molar-refractivity contribution is -0.385. The summed E-state index contributed by atoms with van der Waals surface area (Å²) in [5.74, 6) is -0.641. The Morgan fingerprint density at radius 3 is 2.62 bits per heavy atom. The number of rotatable bonds is 4. The van der Waals surface area contributed by atoms with E-state index >= 15 is 0 Å². The van der Waals surface area contributed by atoms with Crippen LogP contribution in [0.1, 0.15) is 18.6 Å². The molecule has 0 fully saturated rings. The van der Waals surface area contributed by atoms with Crippen molar-refractivity contribution in [2.24, 2.45) is 0 Å². The molecule has 21 heavy (non-hydrogen) atoms. The van der Waals surface area contributed by atoms with Gasteiger partial charge in [-0.05, 0) is 31.2 Å². The van der Waals surface area contributed by atoms with E-state index in [9.17, 15) is 19.6 Å². The smallest absolute Gasteiger partial charge is 0.311 e. The van der Waals surface area contributed by atoms with Crippen molar-refractivity contribution in [2.75, 3.05) is 0 Å². The van der Waals surface area contributed by atoms with Crippen molar-refractivity contribution in [2.45, 2.75) is 13.0 Å². The molecule has 0 aromatic heterocycles. The minimum Gasteiger partial charge on any atom is -0.450 e. The van der Waals surface area contributed by atoms with Crippen molar-refractivity contribution in [3.8, 4) is 11.5 Å². The van der Waals surface area contributed by atoms with Gasteiger partial charge in [-0.15, -0.1) is 0 Å². The van der Waals surface area contributed by atoms with Crippen LogP contribution in [0.3, 0.4) is 0 Å². The van der Waals surface area contributed by atoms with E-state index in [0.717, 1.165) is 22.7 Å². The van der Waals surface area contributed by atoms with E-state index in [4.69, 9.17) is 4.74 Å². The van der Waals surface area contributed by atoms with E-state index in [1.807, 2.05) is 0 Å². The maximum absolute atomic E-state index is 13.3. The average Bonchev–Trinajstić information content (AvgIpc) is 2.40. The Kier molecular flexibility index (Phi) is 4.54. The molecule has 0 saturated heterocycles. The number of ether oxygens (including phenoxy) is 1. The van der Waals surface area contributed by atoms with Crippen LogP contribution >= 0.6 is 15.9 Å². The first-order valence-electron chi connectivity index (χ1n) is 5.98. The fraction of sp³-hybridized carbons (Fsp3) is 0.143. The standard InChI is InChI=1S/C14H11BrFNO4/c1-8(18)11-6-9(15)2-5-13(11)21-14-7-10(16)3-4-12(14)17(19)20/h2-8,18H,1H3. The Morgan fingerprint density at radius 1 is 1.29 bits per heavy atom. The molecule has 0 heterocycles. The highest BCUT2D eigenvalue weighted by Gasteiger charge is 2.19. The molecule has 0 bridgehead atoms. The van der Waals surface area contributed by atoms with Crippen LogP contribution in [0.4, 0.5) is 10.1 Å². The monoisotopic (exact) mass is 355 g/mol. The van der Waals surface area contributed by atoms with E-state index in [1.165, 1.54) is 6.92 Å². The second-order valence-corrected chi connectivity index (χ2v) is 5.25. The summed E-state index contributed by atoms with van der Waals surface area (Å²) in [5.41, 5.74) is 0.0822. The molecule has 1 unspecified atom stereocenters. The minimum atomic E-state index is -0.842. The first-order valence-corrected chi connectivity index (χ1v) is 6.77. The fourth-order valence-electron chi connectivity index (χ4n) is 1.78. The van der Waals surface area contributed by atoms with Crippen molar-refractivity contribution >= 4 is 21.6 Å². The predicted octanol–water partition coefficient (Wildman–Crippen LogP) is 4.34. The van der Waals surface area contributed by atoms with Gasteiger partial charge in [-0.2, -0.15) is 0 Å². The molecule has 2 aromatic carbocycles. The zero-order valence-corrected chi connectivity index (χ0v) is 12.5. The number of benzene rings is 2. The number of aliphatic hydroxyl groups excluding tert-OH is 1. The van der Waals surface area contributed by atoms with Gasteiger partial charge in [0.05, 0.1) is 11.0 Å². The second kappa shape index (κ2) is 6.19. The molecular weight excluding hydrogens is 345 g/mol. The van der Waals surface area contributed by atoms with Gasteiger partial charge in [0.25, 0.3) is 0 Å². The molecule has 1 atom stereocenters. The number of hydrogen-bond donors (Lipinski definition) is 1. The van der Waals surface area contributed by atoms with Crippen molar-refractivity contribution in [1.29, 1.82) is 0 Å². The molecule has 0 amide bonds. The summed E-state index contributed by atoms with van der Waals surface area (Å²) in [7, 11) is 0. The van der Waals surface area contributed by atoms with Gasteiger partial charge in [0.15, 0.2) is 0 Å². The Hall–Kier alpha value is -1.99. The first-order chi connectivity index (χ1) is 9.88. The molecular formula is C14H11BrFNO4. The van der Waals surface area contributed by atoms with Gasteiger partial charge in [0.2, 0.25) is 5.75 Å². The van der Waals surface area contributed by atoms with E-state index in [0.29, 0.717) is 5.56 Å². The van der Waals surface area contributed by atoms with E-state index in [2.05, 4.69) is 15.9 Å². The first kappa shape index (κ1) is 15.4. The van der Waals surface area contributed by atoms with E-state index < -0.39 is 16.8 Å². The van der Waals surface area contributed by atoms with Gasteiger partial charge >= 0.3 is 5.69 Å². The molecule has 0 spiro atoms. The van der Waals surface area contributed by atoms with Gasteiger partial charge in [-0.25, -0.2) is 4.39 Å². The van der Waals surface area contributed by atoms with Crippen LogP contribution in [0.25, 0.3) is 0 Å². The highest BCUT2D eigenvalue weighted by molar-refractivity contribution is 9.10. The lowest BCUT2D eigenvalue weighted by atomic mass is 10.1. The fourth-order valence-corrected chi connectivity index (χ4v) is 2.16. The maximum Gasteiger partial charge on any atom is 0.311 e. The third kappa shape index (κ3) is 3.56. The SMILES string of the molecule is CC(O)c1cc(Br)ccc1Oc1cc(F)ccc1[N+](=O)[O-]. The minimum absolute atomic E-state index is 0.218. The summed E-state index contributed by atoms with van der Waals surface area (Å²) >= 11 is 3.26. The lowest BCUT2D eigenvalue weighted by Crippen LogP contribution is -1.99. The normalized spacial score (nSPS) is 12.0. The van der Waals surface area contributed by atoms with Crippen molar-refractivity contribution in [3.05, 3.63) is 62.4 Å². The molecule has 7 heteroatoms. The Labute approximate surface area is 128 Å². The highest BCUT2D eigenvalue weighted by Crippen LogP contribution is 2.36. The summed E-state index contributed by atoms with van der Waals surface area (Å²) in [6.07, 6.45) is -0.842. The Bertz CT molecular complexity index is 691. The van der Waals surface area contributed by atoms with E-state index in [1.54, 1.807) is 18.2 Å². The van der Waals surface area contributed by atoms with Gasteiger partial charge in [-0.3, -0.25) is 10.1 Å². The summed E-state index contributed by atoms with van der Waals surface area (Å²) in [6, 6.07) is 7.79. The molecule has 0 radical (unpaired) electrons. The Balaban J connectivity index is 2.47. The number of nitro benzene ring substituents is 1. The number of nitrogens with zero attached hydrogens (tertiary/aromatic N) is 1. The van der Waals surface area contributed by atoms with Gasteiger partial charge in [0.1, 0.15) is 11.6 Å². The molecule has 0 aliphatic heterocycles. The summed E-state index contributed by atoms with van der Waals surface area (Å²) < 4.78 is 19.4. The van der Waals surface area contributed by atoms with Crippen LogP contribution < -0.4 is 4.74 Å². The molecule has 0 aliphatic rings. The molecule has 5 nitrogen and oxygen atoms in total. The molecule has 0 saturated carbocycles. The highest BCUT2D eigenvalue weighted by atomic mass is 79.9. The Morgan fingerprint density at radius 2 is 2.00 bits per heavy atom. The van der Waals surface area contributed by atoms with Crippen LogP contribution in [-0.2, 0) is 0 Å². The largest absolute Gasteiger partial charge is 0.450 e. The zero-order chi connectivity index (χ0) is 15.6. The van der Waals surface area contributed by atoms with Crippen LogP contribution in [0, 0.1) is 15.9 Å². The molecule has 2 rings (SSSR count). The second-order valence-electron chi connectivity index (χ2n) is 4.33. The molecule has 2 aromatic rings. The summed E-state index contributed by atoms with van der Waals surface area (Å²) in [5, 5.41) is 20.7. The van der Waals surface area contributed by atoms with Crippen LogP contribution in [-0.4, -0.2) is 10.0 Å². The summed E-state index contributed by atoms with van der Waals surface area (Å²) in [4.78, 5) is 10.3. The van der Waals surface area contributed by atoms with E-state index in [-0.39, 0.29) is 17.2 Å². The van der Waals surface area contributed by atoms with Gasteiger partial charge in [-0.1, -0.05) is 15.9 Å². The number of aliphatic hydroxyl groups is 1. The predicted molar refractivity (Wildman–Crippen MR) is 77.9 cm³/mol. The van der Waals surface area contributed by atoms with Crippen LogP contribution in [0.5, 0.6) is 11.5 Å². The number of hydrogen-bond acceptors (Lipinski definition) is 4. The van der Waals surface area contributed by atoms with Crippen molar-refractivity contribution in [1.82, 2.24) is 0 Å². The lowest BCUT2D eigenvalue weighted by Gasteiger charge is -2.13. The van der Waals surface area contributed by atoms with Crippen molar-refractivity contribution < 1.29 is 19.2 Å². The maximum atomic E-state index is 13.3. The zero-order valence-electron chi connectivity index (χ0n) is 10.9. The summed E-state index contributed by atoms with van der Waals surface area (Å²) in [6.45, 7) is 1.54. The van der Waals surface area contributed by atoms with Crippen LogP contribution in [0.2, 0.25) is 0 Å². The third-order valence-electron chi connectivity index (χ3n) is 2.76. The van der Waals surface area contributed by atoms with Gasteiger partial charge < -0.3 is 9.84 Å². The molecule has 0 aliphatic carbocycles. The van der Waals surface area contributed by atoms with Gasteiger partial charge in [0, 0.05) is 22.2 Å². The molecule has 110 valence electrons. The molecule has 1 N–H and O–H groups in total. The van der Waals surface area contributed by atoms with Crippen LogP contribution in [0.15, 0.2) is 40.9 Å². The average molecular weight is 356 g/mol. The van der Waals surface area contributed by atoms with Crippen molar-refractivity contribution in [3.63, 3.8) is 0 Å². The number of halogens is 2. The topological polar surface area (TPSA) is 72.6 Å². The number of nitro groups is 1. The third-order valence-corrected chi connectivity index (χ3v) is 3.25. The quantitative estimate of drug-likeness (QED) is 0.653.